The topological polar surface area (TPSA) is 84.9 Å². The van der Waals surface area contributed by atoms with Crippen molar-refractivity contribution in [2.45, 2.75) is 46.3 Å². The number of aryl methyl sites for hydroxylation is 1. The van der Waals surface area contributed by atoms with Gasteiger partial charge in [-0.25, -0.2) is 0 Å². The van der Waals surface area contributed by atoms with E-state index < -0.39 is 12.7 Å². The monoisotopic (exact) mass is 295 g/mol. The van der Waals surface area contributed by atoms with Crippen molar-refractivity contribution in [2.75, 3.05) is 13.2 Å². The fourth-order valence-corrected chi connectivity index (χ4v) is 2.25. The lowest BCUT2D eigenvalue weighted by molar-refractivity contribution is 0.0288. The molecule has 6 heteroatoms. The Labute approximate surface area is 127 Å². The highest BCUT2D eigenvalue weighted by Crippen LogP contribution is 2.30. The number of benzene rings is 1. The van der Waals surface area contributed by atoms with Crippen molar-refractivity contribution in [2.24, 2.45) is 5.73 Å². The number of fused-ring (bicyclic) bond motifs is 1. The summed E-state index contributed by atoms with van der Waals surface area (Å²) in [7, 11) is -1.03. The molecule has 0 amide bonds. The summed E-state index contributed by atoms with van der Waals surface area (Å²) in [5, 5.41) is 19.7. The van der Waals surface area contributed by atoms with Gasteiger partial charge in [0.1, 0.15) is 12.4 Å². The highest BCUT2D eigenvalue weighted by Gasteiger charge is 2.38. The van der Waals surface area contributed by atoms with Crippen LogP contribution in [0.1, 0.15) is 44.9 Å². The largest absolute Gasteiger partial charge is 0.495 e. The Balaban J connectivity index is 0.00000106. The predicted octanol–water partition coefficient (Wildman–Crippen LogP) is 0.888. The Kier molecular flexibility index (Phi) is 6.22. The van der Waals surface area contributed by atoms with Crippen molar-refractivity contribution in [1.82, 2.24) is 0 Å². The Morgan fingerprint density at radius 1 is 1.38 bits per heavy atom. The average molecular weight is 295 g/mol. The molecular formula is C15H26BNO4. The van der Waals surface area contributed by atoms with Crippen LogP contribution in [0.5, 0.6) is 5.75 Å². The van der Waals surface area contributed by atoms with Gasteiger partial charge in [0, 0.05) is 12.0 Å². The van der Waals surface area contributed by atoms with Gasteiger partial charge in [-0.2, -0.15) is 0 Å². The first-order valence-electron chi connectivity index (χ1n) is 7.35. The summed E-state index contributed by atoms with van der Waals surface area (Å²) in [4.78, 5) is 0. The molecular weight excluding hydrogens is 269 g/mol. The molecule has 118 valence electrons. The van der Waals surface area contributed by atoms with Crippen LogP contribution in [0.2, 0.25) is 0 Å². The maximum absolute atomic E-state index is 10.00. The molecule has 0 aromatic heterocycles. The number of ether oxygens (including phenoxy) is 1. The molecule has 0 unspecified atom stereocenters. The first-order valence-corrected chi connectivity index (χ1v) is 7.35. The van der Waals surface area contributed by atoms with Gasteiger partial charge in [0.25, 0.3) is 0 Å². The van der Waals surface area contributed by atoms with Gasteiger partial charge >= 0.3 is 7.12 Å². The molecule has 4 N–H and O–H groups in total. The van der Waals surface area contributed by atoms with Gasteiger partial charge in [-0.15, -0.1) is 0 Å². The predicted molar refractivity (Wildman–Crippen MR) is 84.8 cm³/mol. The second-order valence-electron chi connectivity index (χ2n) is 5.52. The summed E-state index contributed by atoms with van der Waals surface area (Å²) in [6, 6.07) is 3.69. The first kappa shape index (κ1) is 18.0. The zero-order valence-corrected chi connectivity index (χ0v) is 13.5. The van der Waals surface area contributed by atoms with Crippen molar-refractivity contribution in [3.63, 3.8) is 0 Å². The third-order valence-corrected chi connectivity index (χ3v) is 3.12. The molecule has 0 saturated carbocycles. The molecule has 0 bridgehead atoms. The zero-order chi connectivity index (χ0) is 16.2. The second-order valence-corrected chi connectivity index (χ2v) is 5.52. The maximum Gasteiger partial charge on any atom is 0.495 e. The number of aliphatic hydroxyl groups is 1. The highest BCUT2D eigenvalue weighted by molar-refractivity contribution is 6.63. The van der Waals surface area contributed by atoms with Crippen molar-refractivity contribution in [3.8, 4) is 5.75 Å². The molecule has 0 fully saturated rings. The highest BCUT2D eigenvalue weighted by atomic mass is 16.5. The van der Waals surface area contributed by atoms with Crippen LogP contribution in [0.3, 0.4) is 0 Å². The third kappa shape index (κ3) is 4.20. The summed E-state index contributed by atoms with van der Waals surface area (Å²) in [6.07, 6.45) is -0.310. The Bertz CT molecular complexity index is 473. The summed E-state index contributed by atoms with van der Waals surface area (Å²) >= 11 is 0. The van der Waals surface area contributed by atoms with Crippen molar-refractivity contribution in [3.05, 3.63) is 23.3 Å². The summed E-state index contributed by atoms with van der Waals surface area (Å²) in [5.74, 6) is 0.533. The van der Waals surface area contributed by atoms with E-state index in [9.17, 15) is 10.1 Å². The Morgan fingerprint density at radius 2 is 2.00 bits per heavy atom. The Hall–Kier alpha value is -1.08. The van der Waals surface area contributed by atoms with E-state index in [1.54, 1.807) is 19.9 Å². The molecule has 0 saturated heterocycles. The third-order valence-electron chi connectivity index (χ3n) is 3.12. The zero-order valence-electron chi connectivity index (χ0n) is 13.5. The van der Waals surface area contributed by atoms with Gasteiger partial charge in [-0.05, 0) is 38.0 Å². The van der Waals surface area contributed by atoms with E-state index in [-0.39, 0.29) is 12.7 Å². The smallest absolute Gasteiger partial charge is 0.491 e. The van der Waals surface area contributed by atoms with Crippen molar-refractivity contribution >= 4 is 12.6 Å². The molecule has 1 aliphatic heterocycles. The fourth-order valence-electron chi connectivity index (χ4n) is 2.25. The maximum atomic E-state index is 10.00. The molecule has 21 heavy (non-hydrogen) atoms. The van der Waals surface area contributed by atoms with Crippen LogP contribution < -0.4 is 15.9 Å². The van der Waals surface area contributed by atoms with E-state index in [0.29, 0.717) is 17.8 Å². The van der Waals surface area contributed by atoms with Crippen LogP contribution in [-0.4, -0.2) is 36.0 Å². The van der Waals surface area contributed by atoms with Gasteiger partial charge in [0.2, 0.25) is 0 Å². The van der Waals surface area contributed by atoms with Crippen molar-refractivity contribution in [1.29, 1.82) is 0 Å². The van der Waals surface area contributed by atoms with E-state index in [4.69, 9.17) is 15.1 Å². The molecule has 0 spiro atoms. The van der Waals surface area contributed by atoms with E-state index in [0.717, 1.165) is 11.1 Å². The molecule has 1 aromatic carbocycles. The molecule has 1 atom stereocenters. The van der Waals surface area contributed by atoms with E-state index in [1.165, 1.54) is 0 Å². The molecule has 0 aliphatic carbocycles. The SMILES string of the molecule is CC.Cc1ccc(OCC(C)(C)O)c2c1[C@@H](CN)OB2O. The van der Waals surface area contributed by atoms with E-state index >= 15 is 0 Å². The Morgan fingerprint density at radius 3 is 2.52 bits per heavy atom. The summed E-state index contributed by atoms with van der Waals surface area (Å²) < 4.78 is 11.0. The number of nitrogens with two attached hydrogens (primary N) is 1. The van der Waals surface area contributed by atoms with Crippen LogP contribution in [0.15, 0.2) is 12.1 Å². The molecule has 1 heterocycles. The average Bonchev–Trinajstić information content (AvgIpc) is 2.78. The lowest BCUT2D eigenvalue weighted by atomic mass is 9.77. The van der Waals surface area contributed by atoms with Crippen LogP contribution in [0.25, 0.3) is 0 Å². The number of hydrogen-bond acceptors (Lipinski definition) is 5. The minimum absolute atomic E-state index is 0.141. The standard InChI is InChI=1S/C13H20BNO4.C2H6/c1-8-4-5-9(18-7-13(2,3)16)12-11(8)10(6-15)19-14(12)17;1-2/h4-5,10,16-17H,6-7,15H2,1-3H3;1-2H3/t10-;/m1./s1. The van der Waals surface area contributed by atoms with Gasteiger partial charge in [0.05, 0.1) is 11.7 Å². The molecule has 2 rings (SSSR count). The number of hydrogen-bond donors (Lipinski definition) is 3. The van der Waals surface area contributed by atoms with Gasteiger partial charge in [-0.1, -0.05) is 19.9 Å². The van der Waals surface area contributed by atoms with Crippen LogP contribution >= 0.6 is 0 Å². The number of rotatable bonds is 4. The van der Waals surface area contributed by atoms with Gasteiger partial charge in [0.15, 0.2) is 0 Å². The van der Waals surface area contributed by atoms with E-state index in [1.807, 2.05) is 26.8 Å². The minimum atomic E-state index is -1.03. The fraction of sp³-hybridized carbons (Fsp3) is 0.600. The quantitative estimate of drug-likeness (QED) is 0.718. The molecule has 1 aliphatic rings. The summed E-state index contributed by atoms with van der Waals surface area (Å²) in [5.41, 5.74) is 7.25. The molecule has 5 nitrogen and oxygen atoms in total. The van der Waals surface area contributed by atoms with Crippen LogP contribution in [0, 0.1) is 6.92 Å². The first-order chi connectivity index (χ1) is 9.83. The molecule has 0 radical (unpaired) electrons. The van der Waals surface area contributed by atoms with Crippen molar-refractivity contribution < 1.29 is 19.5 Å². The van der Waals surface area contributed by atoms with Crippen LogP contribution in [-0.2, 0) is 4.65 Å². The lowest BCUT2D eigenvalue weighted by Gasteiger charge is -2.20. The van der Waals surface area contributed by atoms with E-state index in [2.05, 4.69) is 0 Å². The molecule has 1 aromatic rings. The van der Waals surface area contributed by atoms with Gasteiger partial charge in [-0.3, -0.25) is 0 Å². The second kappa shape index (κ2) is 7.27. The van der Waals surface area contributed by atoms with Crippen LogP contribution in [0.4, 0.5) is 0 Å². The summed E-state index contributed by atoms with van der Waals surface area (Å²) in [6.45, 7) is 9.72. The lowest BCUT2D eigenvalue weighted by Crippen LogP contribution is -2.34. The van der Waals surface area contributed by atoms with Gasteiger partial charge < -0.3 is 25.3 Å². The normalized spacial score (nSPS) is 17.1. The minimum Gasteiger partial charge on any atom is -0.491 e.